The van der Waals surface area contributed by atoms with E-state index in [1.165, 1.54) is 23.2 Å². The van der Waals surface area contributed by atoms with Gasteiger partial charge in [0.15, 0.2) is 0 Å². The molecule has 8 heteroatoms. The van der Waals surface area contributed by atoms with E-state index in [1.807, 2.05) is 26.0 Å². The molecule has 0 amide bonds. The van der Waals surface area contributed by atoms with Gasteiger partial charge in [0.25, 0.3) is 0 Å². The number of rotatable bonds is 7. The van der Waals surface area contributed by atoms with E-state index in [0.29, 0.717) is 23.1 Å². The fourth-order valence-electron chi connectivity index (χ4n) is 3.30. The van der Waals surface area contributed by atoms with E-state index in [2.05, 4.69) is 10.8 Å². The molecule has 0 saturated heterocycles. The van der Waals surface area contributed by atoms with E-state index < -0.39 is 16.0 Å². The molecule has 2 aromatic rings. The molecule has 168 valence electrons. The molecule has 0 atom stereocenters. The van der Waals surface area contributed by atoms with Crippen LogP contribution in [-0.4, -0.2) is 38.0 Å². The van der Waals surface area contributed by atoms with Gasteiger partial charge < -0.3 is 10.0 Å². The Morgan fingerprint density at radius 3 is 2.31 bits per heavy atom. The number of carboxylic acids is 1. The molecule has 7 nitrogen and oxygen atoms in total. The van der Waals surface area contributed by atoms with Crippen LogP contribution in [0.25, 0.3) is 5.57 Å². The molecule has 0 aromatic heterocycles. The van der Waals surface area contributed by atoms with Gasteiger partial charge in [-0.05, 0) is 35.3 Å². The SMILES string of the molecule is CC.CN1C=C(C#N)CC(c2ccc(CCNS(=O)(=O)c3ccccc3)cc2)=C1C(=O)O. The van der Waals surface area contributed by atoms with Crippen molar-refractivity contribution in [2.45, 2.75) is 31.6 Å². The smallest absolute Gasteiger partial charge is 0.352 e. The zero-order valence-electron chi connectivity index (χ0n) is 18.4. The van der Waals surface area contributed by atoms with Gasteiger partial charge in [-0.1, -0.05) is 56.3 Å². The Morgan fingerprint density at radius 2 is 1.75 bits per heavy atom. The number of hydrogen-bond donors (Lipinski definition) is 2. The number of allylic oxidation sites excluding steroid dienone is 2. The Balaban J connectivity index is 0.00000176. The van der Waals surface area contributed by atoms with Gasteiger partial charge in [-0.2, -0.15) is 5.26 Å². The average molecular weight is 454 g/mol. The molecule has 1 heterocycles. The first kappa shape index (κ1) is 24.9. The normalized spacial score (nSPS) is 13.6. The van der Waals surface area contributed by atoms with Crippen molar-refractivity contribution in [1.82, 2.24) is 9.62 Å². The highest BCUT2D eigenvalue weighted by molar-refractivity contribution is 7.89. The van der Waals surface area contributed by atoms with Gasteiger partial charge in [-0.3, -0.25) is 0 Å². The van der Waals surface area contributed by atoms with Gasteiger partial charge in [0.05, 0.1) is 16.5 Å². The van der Waals surface area contributed by atoms with E-state index >= 15 is 0 Å². The molecule has 32 heavy (non-hydrogen) atoms. The van der Waals surface area contributed by atoms with Crippen molar-refractivity contribution in [3.8, 4) is 6.07 Å². The Hall–Kier alpha value is -3.41. The zero-order valence-corrected chi connectivity index (χ0v) is 19.2. The van der Waals surface area contributed by atoms with Gasteiger partial charge in [-0.25, -0.2) is 17.9 Å². The maximum Gasteiger partial charge on any atom is 0.352 e. The highest BCUT2D eigenvalue weighted by atomic mass is 32.2. The predicted molar refractivity (Wildman–Crippen MR) is 124 cm³/mol. The quantitative estimate of drug-likeness (QED) is 0.660. The van der Waals surface area contributed by atoms with Crippen LogP contribution in [0.2, 0.25) is 0 Å². The summed E-state index contributed by atoms with van der Waals surface area (Å²) in [6, 6.07) is 17.5. The number of carboxylic acid groups (broad SMARTS) is 1. The lowest BCUT2D eigenvalue weighted by molar-refractivity contribution is -0.133. The minimum absolute atomic E-state index is 0.136. The van der Waals surface area contributed by atoms with E-state index in [9.17, 15) is 23.6 Å². The first-order valence-corrected chi connectivity index (χ1v) is 11.7. The number of sulfonamides is 1. The van der Waals surface area contributed by atoms with E-state index in [4.69, 9.17) is 0 Å². The molecule has 2 N–H and O–H groups in total. The van der Waals surface area contributed by atoms with Crippen LogP contribution < -0.4 is 4.72 Å². The van der Waals surface area contributed by atoms with Crippen molar-refractivity contribution in [3.05, 3.63) is 83.2 Å². The molecule has 0 spiro atoms. The van der Waals surface area contributed by atoms with E-state index in [1.54, 1.807) is 37.4 Å². The monoisotopic (exact) mass is 453 g/mol. The summed E-state index contributed by atoms with van der Waals surface area (Å²) in [6.07, 6.45) is 2.26. The molecule has 0 aliphatic carbocycles. The van der Waals surface area contributed by atoms with E-state index in [-0.39, 0.29) is 23.6 Å². The second-order valence-corrected chi connectivity index (χ2v) is 8.61. The van der Waals surface area contributed by atoms with Crippen LogP contribution in [0.3, 0.4) is 0 Å². The van der Waals surface area contributed by atoms with Gasteiger partial charge in [0.2, 0.25) is 10.0 Å². The number of carbonyl (C=O) groups is 1. The second kappa shape index (κ2) is 11.3. The van der Waals surface area contributed by atoms with E-state index in [0.717, 1.165) is 5.56 Å². The summed E-state index contributed by atoms with van der Waals surface area (Å²) in [5.74, 6) is -1.06. The van der Waals surface area contributed by atoms with Crippen LogP contribution in [0.5, 0.6) is 0 Å². The van der Waals surface area contributed by atoms with Crippen molar-refractivity contribution in [1.29, 1.82) is 5.26 Å². The Labute approximate surface area is 189 Å². The summed E-state index contributed by atoms with van der Waals surface area (Å²) >= 11 is 0. The van der Waals surface area contributed by atoms with Crippen molar-refractivity contribution in [2.75, 3.05) is 13.6 Å². The molecular weight excluding hydrogens is 426 g/mol. The van der Waals surface area contributed by atoms with Gasteiger partial charge >= 0.3 is 5.97 Å². The zero-order chi connectivity index (χ0) is 23.7. The largest absolute Gasteiger partial charge is 0.477 e. The first-order chi connectivity index (χ1) is 15.3. The Morgan fingerprint density at radius 1 is 1.12 bits per heavy atom. The minimum atomic E-state index is -3.55. The number of benzene rings is 2. The molecule has 1 aliphatic rings. The van der Waals surface area contributed by atoms with Crippen LogP contribution in [0, 0.1) is 11.3 Å². The lowest BCUT2D eigenvalue weighted by Crippen LogP contribution is -2.26. The summed E-state index contributed by atoms with van der Waals surface area (Å²) in [6.45, 7) is 4.24. The highest BCUT2D eigenvalue weighted by Crippen LogP contribution is 2.32. The maximum atomic E-state index is 12.3. The van der Waals surface area contributed by atoms with Crippen LogP contribution in [0.1, 0.15) is 31.4 Å². The molecule has 0 saturated carbocycles. The Bertz CT molecular complexity index is 1150. The summed E-state index contributed by atoms with van der Waals surface area (Å²) in [5.41, 5.74) is 2.82. The summed E-state index contributed by atoms with van der Waals surface area (Å²) in [4.78, 5) is 13.4. The van der Waals surface area contributed by atoms with Crippen molar-refractivity contribution < 1.29 is 18.3 Å². The summed E-state index contributed by atoms with van der Waals surface area (Å²) in [7, 11) is -1.95. The molecule has 2 aromatic carbocycles. The lowest BCUT2D eigenvalue weighted by atomic mass is 9.93. The maximum absolute atomic E-state index is 12.3. The third-order valence-electron chi connectivity index (χ3n) is 4.76. The highest BCUT2D eigenvalue weighted by Gasteiger charge is 2.24. The lowest BCUT2D eigenvalue weighted by Gasteiger charge is -2.25. The predicted octanol–water partition coefficient (Wildman–Crippen LogP) is 3.77. The number of hydrogen-bond acceptors (Lipinski definition) is 5. The molecule has 3 rings (SSSR count). The number of likely N-dealkylation sites (N-methyl/N-ethyl adjacent to an activating group) is 1. The first-order valence-electron chi connectivity index (χ1n) is 10.3. The molecule has 0 bridgehead atoms. The van der Waals surface area contributed by atoms with Gasteiger partial charge in [0, 0.05) is 26.2 Å². The van der Waals surface area contributed by atoms with Gasteiger partial charge in [-0.15, -0.1) is 0 Å². The van der Waals surface area contributed by atoms with Crippen molar-refractivity contribution in [3.63, 3.8) is 0 Å². The third kappa shape index (κ3) is 6.06. The fraction of sp³-hybridized carbons (Fsp3) is 0.250. The van der Waals surface area contributed by atoms with Crippen LogP contribution in [-0.2, 0) is 21.2 Å². The fourth-order valence-corrected chi connectivity index (χ4v) is 4.36. The third-order valence-corrected chi connectivity index (χ3v) is 6.24. The topological polar surface area (TPSA) is 111 Å². The van der Waals surface area contributed by atoms with Crippen LogP contribution in [0.4, 0.5) is 0 Å². The summed E-state index contributed by atoms with van der Waals surface area (Å²) in [5, 5.41) is 18.8. The molecule has 0 fully saturated rings. The number of nitrogens with zero attached hydrogens (tertiary/aromatic N) is 2. The van der Waals surface area contributed by atoms with Gasteiger partial charge in [0.1, 0.15) is 5.70 Å². The number of nitrogens with one attached hydrogen (secondary N) is 1. The molecule has 0 radical (unpaired) electrons. The minimum Gasteiger partial charge on any atom is -0.477 e. The van der Waals surface area contributed by atoms with Crippen molar-refractivity contribution >= 4 is 21.6 Å². The Kier molecular flexibility index (Phi) is 8.76. The number of aliphatic carboxylic acids is 1. The second-order valence-electron chi connectivity index (χ2n) is 6.84. The summed E-state index contributed by atoms with van der Waals surface area (Å²) < 4.78 is 27.1. The standard InChI is InChI=1S/C22H21N3O4S.C2H6/c1-25-15-17(14-23)13-20(21(25)22(26)27)18-9-7-16(8-10-18)11-12-24-30(28,29)19-5-3-2-4-6-19;1-2/h2-10,15,24H,11-13H2,1H3,(H,26,27);1-2H3. The number of nitriles is 1. The van der Waals surface area contributed by atoms with Crippen LogP contribution >= 0.6 is 0 Å². The molecule has 0 unspecified atom stereocenters. The van der Waals surface area contributed by atoms with Crippen molar-refractivity contribution in [2.24, 2.45) is 0 Å². The molecular formula is C24H27N3O4S. The average Bonchev–Trinajstić information content (AvgIpc) is 2.80. The molecule has 1 aliphatic heterocycles. The van der Waals surface area contributed by atoms with Crippen LogP contribution in [0.15, 0.2) is 77.0 Å².